The molecular formula is C15H13BrClF2NO. The van der Waals surface area contributed by atoms with Gasteiger partial charge in [-0.15, -0.1) is 0 Å². The molecule has 0 aliphatic rings. The SMILES string of the molecule is CC(Nc1ccc(Cl)c(Br)c1)c1cccc(OC(F)F)c1. The van der Waals surface area contributed by atoms with Crippen molar-refractivity contribution in [1.29, 1.82) is 0 Å². The number of ether oxygens (including phenoxy) is 1. The van der Waals surface area contributed by atoms with Crippen LogP contribution in [0.5, 0.6) is 5.75 Å². The maximum absolute atomic E-state index is 12.2. The summed E-state index contributed by atoms with van der Waals surface area (Å²) < 4.78 is 29.6. The van der Waals surface area contributed by atoms with Crippen LogP contribution in [0.2, 0.25) is 5.02 Å². The van der Waals surface area contributed by atoms with Gasteiger partial charge in [0.15, 0.2) is 0 Å². The molecule has 0 saturated carbocycles. The molecule has 0 fully saturated rings. The summed E-state index contributed by atoms with van der Waals surface area (Å²) in [4.78, 5) is 0. The summed E-state index contributed by atoms with van der Waals surface area (Å²) >= 11 is 9.30. The molecule has 112 valence electrons. The minimum absolute atomic E-state index is 0.0701. The molecule has 0 aliphatic heterocycles. The molecule has 0 aromatic heterocycles. The number of rotatable bonds is 5. The average Bonchev–Trinajstić information content (AvgIpc) is 2.42. The minimum Gasteiger partial charge on any atom is -0.435 e. The molecule has 2 rings (SSSR count). The third-order valence-electron chi connectivity index (χ3n) is 2.89. The molecule has 2 aromatic carbocycles. The van der Waals surface area contributed by atoms with Gasteiger partial charge in [-0.05, 0) is 58.7 Å². The molecular weight excluding hydrogens is 364 g/mol. The van der Waals surface area contributed by atoms with Gasteiger partial charge < -0.3 is 10.1 Å². The van der Waals surface area contributed by atoms with Gasteiger partial charge in [-0.25, -0.2) is 0 Å². The lowest BCUT2D eigenvalue weighted by Gasteiger charge is -2.17. The molecule has 0 aliphatic carbocycles. The summed E-state index contributed by atoms with van der Waals surface area (Å²) in [6, 6.07) is 12.0. The number of hydrogen-bond acceptors (Lipinski definition) is 2. The zero-order valence-electron chi connectivity index (χ0n) is 11.1. The molecule has 0 heterocycles. The van der Waals surface area contributed by atoms with Crippen LogP contribution in [0.15, 0.2) is 46.9 Å². The van der Waals surface area contributed by atoms with Crippen LogP contribution in [-0.4, -0.2) is 6.61 Å². The predicted octanol–water partition coefficient (Wildman–Crippen LogP) is 5.88. The van der Waals surface area contributed by atoms with Gasteiger partial charge in [0.05, 0.1) is 5.02 Å². The van der Waals surface area contributed by atoms with E-state index in [1.165, 1.54) is 6.07 Å². The summed E-state index contributed by atoms with van der Waals surface area (Å²) in [5.41, 5.74) is 1.72. The number of alkyl halides is 2. The first-order chi connectivity index (χ1) is 9.95. The van der Waals surface area contributed by atoms with Gasteiger partial charge in [-0.2, -0.15) is 8.78 Å². The van der Waals surface area contributed by atoms with Gasteiger partial charge in [-0.3, -0.25) is 0 Å². The Hall–Kier alpha value is -1.33. The van der Waals surface area contributed by atoms with E-state index in [1.54, 1.807) is 18.2 Å². The molecule has 0 radical (unpaired) electrons. The van der Waals surface area contributed by atoms with E-state index in [0.717, 1.165) is 15.7 Å². The standard InChI is InChI=1S/C15H13BrClF2NO/c1-9(20-11-5-6-14(17)13(16)8-11)10-3-2-4-12(7-10)21-15(18)19/h2-9,15,20H,1H3. The fourth-order valence-electron chi connectivity index (χ4n) is 1.88. The molecule has 1 atom stereocenters. The topological polar surface area (TPSA) is 21.3 Å². The molecule has 0 saturated heterocycles. The molecule has 0 spiro atoms. The van der Waals surface area contributed by atoms with Crippen LogP contribution in [0.4, 0.5) is 14.5 Å². The van der Waals surface area contributed by atoms with Gasteiger partial charge in [-0.1, -0.05) is 23.7 Å². The minimum atomic E-state index is -2.82. The van der Waals surface area contributed by atoms with Gasteiger partial charge in [0.1, 0.15) is 5.75 Å². The molecule has 1 N–H and O–H groups in total. The van der Waals surface area contributed by atoms with Gasteiger partial charge in [0.2, 0.25) is 0 Å². The van der Waals surface area contributed by atoms with Crippen molar-refractivity contribution in [1.82, 2.24) is 0 Å². The fraction of sp³-hybridized carbons (Fsp3) is 0.200. The lowest BCUT2D eigenvalue weighted by Crippen LogP contribution is -2.08. The summed E-state index contributed by atoms with van der Waals surface area (Å²) in [6.45, 7) is -0.889. The zero-order valence-corrected chi connectivity index (χ0v) is 13.5. The van der Waals surface area contributed by atoms with E-state index < -0.39 is 6.61 Å². The first kappa shape index (κ1) is 16.0. The average molecular weight is 377 g/mol. The summed E-state index contributed by atoms with van der Waals surface area (Å²) in [7, 11) is 0. The van der Waals surface area contributed by atoms with Gasteiger partial charge in [0, 0.05) is 16.2 Å². The largest absolute Gasteiger partial charge is 0.435 e. The highest BCUT2D eigenvalue weighted by Gasteiger charge is 2.09. The molecule has 0 amide bonds. The second-order valence-electron chi connectivity index (χ2n) is 4.45. The number of anilines is 1. The quantitative estimate of drug-likeness (QED) is 0.704. The van der Waals surface area contributed by atoms with Crippen LogP contribution in [0, 0.1) is 0 Å². The Morgan fingerprint density at radius 2 is 1.95 bits per heavy atom. The second kappa shape index (κ2) is 7.09. The van der Waals surface area contributed by atoms with Gasteiger partial charge in [0.25, 0.3) is 0 Å². The molecule has 1 unspecified atom stereocenters. The van der Waals surface area contributed by atoms with Crippen molar-refractivity contribution in [3.05, 3.63) is 57.5 Å². The van der Waals surface area contributed by atoms with Crippen molar-refractivity contribution < 1.29 is 13.5 Å². The third kappa shape index (κ3) is 4.58. The normalized spacial score (nSPS) is 12.3. The second-order valence-corrected chi connectivity index (χ2v) is 5.71. The monoisotopic (exact) mass is 375 g/mol. The van der Waals surface area contributed by atoms with Crippen molar-refractivity contribution in [2.75, 3.05) is 5.32 Å². The predicted molar refractivity (Wildman–Crippen MR) is 84.3 cm³/mol. The zero-order chi connectivity index (χ0) is 15.4. The van der Waals surface area contributed by atoms with Crippen LogP contribution < -0.4 is 10.1 Å². The Kier molecular flexibility index (Phi) is 5.42. The van der Waals surface area contributed by atoms with Crippen LogP contribution in [-0.2, 0) is 0 Å². The maximum atomic E-state index is 12.2. The van der Waals surface area contributed by atoms with Crippen molar-refractivity contribution in [2.24, 2.45) is 0 Å². The van der Waals surface area contributed by atoms with E-state index in [2.05, 4.69) is 26.0 Å². The highest BCUT2D eigenvalue weighted by molar-refractivity contribution is 9.10. The highest BCUT2D eigenvalue weighted by atomic mass is 79.9. The highest BCUT2D eigenvalue weighted by Crippen LogP contribution is 2.28. The number of benzene rings is 2. The Balaban J connectivity index is 2.12. The van der Waals surface area contributed by atoms with Crippen molar-refractivity contribution >= 4 is 33.2 Å². The lowest BCUT2D eigenvalue weighted by atomic mass is 10.1. The summed E-state index contributed by atoms with van der Waals surface area (Å²) in [5.74, 6) is 0.147. The Labute approximate surface area is 135 Å². The first-order valence-corrected chi connectivity index (χ1v) is 7.39. The number of nitrogens with one attached hydrogen (secondary N) is 1. The Morgan fingerprint density at radius 1 is 1.19 bits per heavy atom. The van der Waals surface area contributed by atoms with Crippen LogP contribution >= 0.6 is 27.5 Å². The molecule has 2 aromatic rings. The summed E-state index contributed by atoms with van der Waals surface area (Å²) in [6.07, 6.45) is 0. The van der Waals surface area contributed by atoms with Crippen LogP contribution in [0.3, 0.4) is 0 Å². The maximum Gasteiger partial charge on any atom is 0.387 e. The van der Waals surface area contributed by atoms with Gasteiger partial charge >= 0.3 is 6.61 Å². The third-order valence-corrected chi connectivity index (χ3v) is 4.10. The fourth-order valence-corrected chi connectivity index (χ4v) is 2.38. The first-order valence-electron chi connectivity index (χ1n) is 6.22. The Morgan fingerprint density at radius 3 is 2.62 bits per heavy atom. The van der Waals surface area contributed by atoms with E-state index in [-0.39, 0.29) is 11.8 Å². The van der Waals surface area contributed by atoms with E-state index in [1.807, 2.05) is 25.1 Å². The van der Waals surface area contributed by atoms with E-state index in [0.29, 0.717) is 5.02 Å². The molecule has 0 bridgehead atoms. The van der Waals surface area contributed by atoms with Crippen LogP contribution in [0.1, 0.15) is 18.5 Å². The van der Waals surface area contributed by atoms with Crippen molar-refractivity contribution in [3.8, 4) is 5.75 Å². The van der Waals surface area contributed by atoms with E-state index in [9.17, 15) is 8.78 Å². The smallest absolute Gasteiger partial charge is 0.387 e. The molecule has 21 heavy (non-hydrogen) atoms. The lowest BCUT2D eigenvalue weighted by molar-refractivity contribution is -0.0498. The Bertz CT molecular complexity index is 624. The van der Waals surface area contributed by atoms with E-state index in [4.69, 9.17) is 11.6 Å². The summed E-state index contributed by atoms with van der Waals surface area (Å²) in [5, 5.41) is 3.90. The van der Waals surface area contributed by atoms with Crippen molar-refractivity contribution in [2.45, 2.75) is 19.6 Å². The van der Waals surface area contributed by atoms with E-state index >= 15 is 0 Å². The number of hydrogen-bond donors (Lipinski definition) is 1. The van der Waals surface area contributed by atoms with Crippen LogP contribution in [0.25, 0.3) is 0 Å². The molecule has 2 nitrogen and oxygen atoms in total. The molecule has 6 heteroatoms. The number of halogens is 4. The van der Waals surface area contributed by atoms with Crippen molar-refractivity contribution in [3.63, 3.8) is 0 Å².